The number of carbonyl (C=O) groups is 2. The molecule has 1 aliphatic heterocycles. The summed E-state index contributed by atoms with van der Waals surface area (Å²) in [7, 11) is 3.38. The third kappa shape index (κ3) is 2.39. The van der Waals surface area contributed by atoms with Crippen molar-refractivity contribution in [3.8, 4) is 5.88 Å². The zero-order valence-corrected chi connectivity index (χ0v) is 14.8. The zero-order chi connectivity index (χ0) is 19.3. The Morgan fingerprint density at radius 1 is 1.15 bits per heavy atom. The van der Waals surface area contributed by atoms with E-state index in [4.69, 9.17) is 0 Å². The summed E-state index contributed by atoms with van der Waals surface area (Å²) in [6.45, 7) is 0.466. The Labute approximate surface area is 153 Å². The molecule has 9 heteroatoms. The van der Waals surface area contributed by atoms with Crippen LogP contribution in [-0.2, 0) is 6.54 Å². The van der Waals surface area contributed by atoms with Crippen LogP contribution in [0.25, 0.3) is 5.78 Å². The van der Waals surface area contributed by atoms with Crippen LogP contribution in [0.5, 0.6) is 5.88 Å². The third-order valence-corrected chi connectivity index (χ3v) is 4.65. The van der Waals surface area contributed by atoms with Crippen LogP contribution in [0.4, 0.5) is 5.82 Å². The van der Waals surface area contributed by atoms with E-state index in [1.165, 1.54) is 13.9 Å². The van der Waals surface area contributed by atoms with Gasteiger partial charge in [0, 0.05) is 14.1 Å². The standard InChI is InChI=1S/C18H17N5O4/c1-20-10-21(2)17(27)13-14(20)19-18-22(8-11-6-4-3-5-7-11)15(25)12(9-24)16(26)23(13)18/h3-7,9,26H,8,10H2,1-2H3. The van der Waals surface area contributed by atoms with Crippen LogP contribution in [0, 0.1) is 0 Å². The maximum atomic E-state index is 12.8. The lowest BCUT2D eigenvalue weighted by Crippen LogP contribution is -2.43. The number of hydrogen-bond acceptors (Lipinski definition) is 6. The number of nitrogens with zero attached hydrogens (tertiary/aromatic N) is 5. The minimum Gasteiger partial charge on any atom is -0.493 e. The molecular formula is C18H17N5O4. The van der Waals surface area contributed by atoms with E-state index < -0.39 is 17.0 Å². The summed E-state index contributed by atoms with van der Waals surface area (Å²) in [5, 5.41) is 10.5. The molecule has 9 nitrogen and oxygen atoms in total. The monoisotopic (exact) mass is 367 g/mol. The van der Waals surface area contributed by atoms with E-state index in [-0.39, 0.29) is 23.9 Å². The molecule has 3 aromatic rings. The van der Waals surface area contributed by atoms with Gasteiger partial charge < -0.3 is 14.9 Å². The first kappa shape index (κ1) is 16.8. The third-order valence-electron chi connectivity index (χ3n) is 4.65. The Balaban J connectivity index is 2.08. The van der Waals surface area contributed by atoms with E-state index in [0.29, 0.717) is 18.8 Å². The van der Waals surface area contributed by atoms with E-state index in [0.717, 1.165) is 5.56 Å². The maximum absolute atomic E-state index is 12.8. The van der Waals surface area contributed by atoms with Gasteiger partial charge in [-0.15, -0.1) is 0 Å². The number of aldehydes is 1. The van der Waals surface area contributed by atoms with E-state index in [2.05, 4.69) is 4.98 Å². The highest BCUT2D eigenvalue weighted by molar-refractivity contribution is 6.00. The second-order valence-corrected chi connectivity index (χ2v) is 6.49. The second kappa shape index (κ2) is 5.97. The highest BCUT2D eigenvalue weighted by Gasteiger charge is 2.33. The molecule has 1 aliphatic rings. The topological polar surface area (TPSA) is 100 Å². The summed E-state index contributed by atoms with van der Waals surface area (Å²) >= 11 is 0. The molecule has 0 saturated heterocycles. The van der Waals surface area contributed by atoms with Gasteiger partial charge in [0.1, 0.15) is 5.56 Å². The van der Waals surface area contributed by atoms with Gasteiger partial charge in [-0.2, -0.15) is 4.98 Å². The van der Waals surface area contributed by atoms with Crippen LogP contribution in [0.15, 0.2) is 35.1 Å². The summed E-state index contributed by atoms with van der Waals surface area (Å²) < 4.78 is 2.47. The first-order valence-electron chi connectivity index (χ1n) is 8.28. The van der Waals surface area contributed by atoms with Gasteiger partial charge in [-0.05, 0) is 5.56 Å². The van der Waals surface area contributed by atoms with Gasteiger partial charge in [0.05, 0.1) is 13.2 Å². The Morgan fingerprint density at radius 2 is 1.85 bits per heavy atom. The van der Waals surface area contributed by atoms with Crippen LogP contribution >= 0.6 is 0 Å². The minimum absolute atomic E-state index is 0.104. The molecule has 1 amide bonds. The molecule has 0 unspecified atom stereocenters. The predicted octanol–water partition coefficient (Wildman–Crippen LogP) is 0.542. The van der Waals surface area contributed by atoms with E-state index in [1.807, 2.05) is 30.3 Å². The minimum atomic E-state index is -0.662. The van der Waals surface area contributed by atoms with Crippen molar-refractivity contribution in [1.29, 1.82) is 0 Å². The average Bonchev–Trinajstić information content (AvgIpc) is 3.06. The van der Waals surface area contributed by atoms with Gasteiger partial charge in [0.25, 0.3) is 11.5 Å². The van der Waals surface area contributed by atoms with E-state index >= 15 is 0 Å². The Kier molecular flexibility index (Phi) is 3.72. The molecule has 0 bridgehead atoms. The van der Waals surface area contributed by atoms with Crippen molar-refractivity contribution in [2.45, 2.75) is 6.54 Å². The van der Waals surface area contributed by atoms with Crippen molar-refractivity contribution < 1.29 is 14.7 Å². The van der Waals surface area contributed by atoms with Crippen molar-refractivity contribution in [3.05, 3.63) is 57.5 Å². The van der Waals surface area contributed by atoms with Gasteiger partial charge in [-0.25, -0.2) is 4.40 Å². The van der Waals surface area contributed by atoms with Crippen molar-refractivity contribution >= 4 is 23.8 Å². The number of aromatic hydroxyl groups is 1. The SMILES string of the molecule is CN1CN(C)c2nc3n(Cc4ccccc4)c(=O)c(C=O)c(O)n3c2C1=O. The molecule has 3 heterocycles. The lowest BCUT2D eigenvalue weighted by atomic mass is 10.2. The largest absolute Gasteiger partial charge is 0.493 e. The lowest BCUT2D eigenvalue weighted by molar-refractivity contribution is 0.0775. The number of imidazole rings is 1. The Bertz CT molecular complexity index is 1130. The van der Waals surface area contributed by atoms with Crippen molar-refractivity contribution in [2.75, 3.05) is 25.7 Å². The number of amides is 1. The predicted molar refractivity (Wildman–Crippen MR) is 97.4 cm³/mol. The molecular weight excluding hydrogens is 350 g/mol. The molecule has 138 valence electrons. The first-order valence-corrected chi connectivity index (χ1v) is 8.28. The number of benzene rings is 1. The van der Waals surface area contributed by atoms with Gasteiger partial charge >= 0.3 is 0 Å². The first-order chi connectivity index (χ1) is 12.9. The smallest absolute Gasteiger partial charge is 0.276 e. The number of carbonyl (C=O) groups excluding carboxylic acids is 2. The van der Waals surface area contributed by atoms with E-state index in [9.17, 15) is 19.5 Å². The molecule has 1 aromatic carbocycles. The number of fused-ring (bicyclic) bond motifs is 3. The number of hydrogen-bond donors (Lipinski definition) is 1. The lowest BCUT2D eigenvalue weighted by Gasteiger charge is -2.30. The summed E-state index contributed by atoms with van der Waals surface area (Å²) in [5.41, 5.74) is -0.141. The average molecular weight is 367 g/mol. The summed E-state index contributed by atoms with van der Waals surface area (Å²) in [5.74, 6) is -0.488. The Hall–Kier alpha value is -3.62. The number of rotatable bonds is 3. The molecule has 0 fully saturated rings. The number of aromatic nitrogens is 3. The van der Waals surface area contributed by atoms with Crippen LogP contribution in [-0.4, -0.2) is 56.9 Å². The van der Waals surface area contributed by atoms with Gasteiger partial charge in [-0.3, -0.25) is 19.0 Å². The Morgan fingerprint density at radius 3 is 2.52 bits per heavy atom. The maximum Gasteiger partial charge on any atom is 0.276 e. The fraction of sp³-hybridized carbons (Fsp3) is 0.222. The van der Waals surface area contributed by atoms with Crippen molar-refractivity contribution in [2.24, 2.45) is 0 Å². The molecule has 27 heavy (non-hydrogen) atoms. The highest BCUT2D eigenvalue weighted by Crippen LogP contribution is 2.29. The van der Waals surface area contributed by atoms with Crippen LogP contribution in [0.2, 0.25) is 0 Å². The van der Waals surface area contributed by atoms with Crippen LogP contribution < -0.4 is 10.5 Å². The summed E-state index contributed by atoms with van der Waals surface area (Å²) in [4.78, 5) is 44.6. The normalized spacial score (nSPS) is 13.9. The van der Waals surface area contributed by atoms with Crippen LogP contribution in [0.1, 0.15) is 26.4 Å². The van der Waals surface area contributed by atoms with Gasteiger partial charge in [0.15, 0.2) is 17.8 Å². The van der Waals surface area contributed by atoms with E-state index in [1.54, 1.807) is 19.0 Å². The molecule has 0 radical (unpaired) electrons. The highest BCUT2D eigenvalue weighted by atomic mass is 16.3. The molecule has 1 N–H and O–H groups in total. The fourth-order valence-corrected chi connectivity index (χ4v) is 3.33. The van der Waals surface area contributed by atoms with Gasteiger partial charge in [0.2, 0.25) is 11.7 Å². The van der Waals surface area contributed by atoms with Crippen molar-refractivity contribution in [1.82, 2.24) is 18.9 Å². The summed E-state index contributed by atoms with van der Waals surface area (Å²) in [6, 6.07) is 9.20. The molecule has 0 aliphatic carbocycles. The molecule has 0 saturated carbocycles. The molecule has 4 rings (SSSR count). The molecule has 2 aromatic heterocycles. The fourth-order valence-electron chi connectivity index (χ4n) is 3.33. The van der Waals surface area contributed by atoms with Gasteiger partial charge in [-0.1, -0.05) is 30.3 Å². The summed E-state index contributed by atoms with van der Waals surface area (Å²) in [6.07, 6.45) is 0.297. The van der Waals surface area contributed by atoms with Crippen molar-refractivity contribution in [3.63, 3.8) is 0 Å². The second-order valence-electron chi connectivity index (χ2n) is 6.49. The molecule has 0 spiro atoms. The zero-order valence-electron chi connectivity index (χ0n) is 14.8. The van der Waals surface area contributed by atoms with Crippen LogP contribution in [0.3, 0.4) is 0 Å². The number of anilines is 1. The molecule has 0 atom stereocenters. The quantitative estimate of drug-likeness (QED) is 0.679.